The summed E-state index contributed by atoms with van der Waals surface area (Å²) in [5.41, 5.74) is 5.56. The molecule has 0 spiro atoms. The second-order valence-electron chi connectivity index (χ2n) is 9.63. The Hall–Kier alpha value is -2.13. The second-order valence-corrected chi connectivity index (χ2v) is 9.63. The predicted octanol–water partition coefficient (Wildman–Crippen LogP) is 2.02. The van der Waals surface area contributed by atoms with E-state index in [1.54, 1.807) is 0 Å². The van der Waals surface area contributed by atoms with Crippen molar-refractivity contribution in [2.45, 2.75) is 88.4 Å². The molecule has 0 radical (unpaired) electrons. The van der Waals surface area contributed by atoms with Gasteiger partial charge in [0.2, 0.25) is 5.91 Å². The number of carbonyl (C=O) groups excluding carboxylic acids is 1. The molecule has 2 heterocycles. The molecule has 0 bridgehead atoms. The van der Waals surface area contributed by atoms with Crippen LogP contribution in [-0.2, 0) is 14.3 Å². The van der Waals surface area contributed by atoms with Crippen LogP contribution in [0.2, 0.25) is 0 Å². The molecule has 2 aliphatic heterocycles. The van der Waals surface area contributed by atoms with Gasteiger partial charge in [-0.2, -0.15) is 0 Å². The number of hydrogen-bond acceptors (Lipinski definition) is 5. The molecule has 1 aliphatic carbocycles. The van der Waals surface area contributed by atoms with Gasteiger partial charge in [0.1, 0.15) is 0 Å². The first-order valence-electron chi connectivity index (χ1n) is 12.5. The first kappa shape index (κ1) is 25.5. The molecular weight excluding hydrogens is 422 g/mol. The molecule has 3 atom stereocenters. The van der Waals surface area contributed by atoms with E-state index in [0.717, 1.165) is 70.9 Å². The van der Waals surface area contributed by atoms with Crippen LogP contribution in [-0.4, -0.2) is 95.2 Å². The Morgan fingerprint density at radius 3 is 2.58 bits per heavy atom. The molecule has 2 saturated heterocycles. The summed E-state index contributed by atoms with van der Waals surface area (Å²) in [7, 11) is 1.91. The monoisotopic (exact) mass is 463 g/mol. The zero-order valence-electron chi connectivity index (χ0n) is 20.0. The first-order valence-corrected chi connectivity index (χ1v) is 12.5. The molecule has 0 aromatic rings. The summed E-state index contributed by atoms with van der Waals surface area (Å²) in [4.78, 5) is 31.0. The number of piperidine rings is 2. The highest BCUT2D eigenvalue weighted by molar-refractivity contribution is 5.86. The fourth-order valence-electron chi connectivity index (χ4n) is 5.39. The van der Waals surface area contributed by atoms with Crippen LogP contribution in [0.1, 0.15) is 64.2 Å². The number of amides is 1. The van der Waals surface area contributed by atoms with E-state index in [-0.39, 0.29) is 36.5 Å². The number of nitrogens with zero attached hydrogens (tertiary/aromatic N) is 3. The number of nitrogens with two attached hydrogens (primary N) is 1. The Labute approximate surface area is 197 Å². The number of ether oxygens (including phenoxy) is 1. The Morgan fingerprint density at radius 2 is 1.94 bits per heavy atom. The average Bonchev–Trinajstić information content (AvgIpc) is 2.83. The van der Waals surface area contributed by atoms with Crippen molar-refractivity contribution in [3.63, 3.8) is 0 Å². The van der Waals surface area contributed by atoms with Crippen LogP contribution in [0.5, 0.6) is 0 Å². The van der Waals surface area contributed by atoms with Crippen molar-refractivity contribution in [1.29, 1.82) is 5.41 Å². The van der Waals surface area contributed by atoms with Crippen LogP contribution in [0, 0.1) is 5.41 Å². The lowest BCUT2D eigenvalue weighted by Crippen LogP contribution is -2.55. The van der Waals surface area contributed by atoms with Gasteiger partial charge in [-0.25, -0.2) is 0 Å². The van der Waals surface area contributed by atoms with E-state index in [4.69, 9.17) is 15.9 Å². The average molecular weight is 464 g/mol. The van der Waals surface area contributed by atoms with E-state index in [1.165, 1.54) is 0 Å². The maximum Gasteiger partial charge on any atom is 0.305 e. The minimum Gasteiger partial charge on any atom is -0.481 e. The van der Waals surface area contributed by atoms with Crippen LogP contribution in [0.15, 0.2) is 12.2 Å². The van der Waals surface area contributed by atoms with Crippen LogP contribution < -0.4 is 5.73 Å². The number of likely N-dealkylation sites (tertiary alicyclic amines) is 2. The summed E-state index contributed by atoms with van der Waals surface area (Å²) >= 11 is 0. The molecule has 1 amide bonds. The second kappa shape index (κ2) is 12.4. The summed E-state index contributed by atoms with van der Waals surface area (Å²) in [6, 6.07) is -0.327. The van der Waals surface area contributed by atoms with Gasteiger partial charge in [-0.1, -0.05) is 12.2 Å². The first-order chi connectivity index (χ1) is 15.9. The topological polar surface area (TPSA) is 123 Å². The van der Waals surface area contributed by atoms with Gasteiger partial charge in [0.15, 0.2) is 5.96 Å². The number of carboxylic acid groups (broad SMARTS) is 1. The number of guanidine groups is 1. The maximum absolute atomic E-state index is 13.6. The van der Waals surface area contributed by atoms with Crippen LogP contribution in [0.25, 0.3) is 0 Å². The summed E-state index contributed by atoms with van der Waals surface area (Å²) in [6.07, 6.45) is 12.5. The lowest BCUT2D eigenvalue weighted by molar-refractivity contribution is -0.148. The highest BCUT2D eigenvalue weighted by Crippen LogP contribution is 2.26. The SMILES string of the molecule is CN(C(CC(=O)O)C(=O)N1CCCC[C@H]1CCOC1CCN(C(=N)N)CC1)[C@@H]1CC=CCC1. The number of rotatable bonds is 9. The minimum absolute atomic E-state index is 0.0473. The van der Waals surface area contributed by atoms with Gasteiger partial charge in [0, 0.05) is 38.3 Å². The highest BCUT2D eigenvalue weighted by Gasteiger charge is 2.37. The van der Waals surface area contributed by atoms with E-state index in [1.807, 2.05) is 21.7 Å². The van der Waals surface area contributed by atoms with E-state index in [9.17, 15) is 14.7 Å². The smallest absolute Gasteiger partial charge is 0.305 e. The molecule has 3 aliphatic rings. The summed E-state index contributed by atoms with van der Waals surface area (Å²) in [5.74, 6) is -0.857. The highest BCUT2D eigenvalue weighted by atomic mass is 16.5. The third-order valence-electron chi connectivity index (χ3n) is 7.46. The Morgan fingerprint density at radius 1 is 1.18 bits per heavy atom. The van der Waals surface area contributed by atoms with Crippen molar-refractivity contribution in [2.75, 3.05) is 33.3 Å². The fraction of sp³-hybridized carbons (Fsp3) is 0.792. The van der Waals surface area contributed by atoms with Gasteiger partial charge in [0.25, 0.3) is 0 Å². The number of nitrogens with one attached hydrogen (secondary N) is 1. The number of carboxylic acids is 1. The molecule has 2 fully saturated rings. The quantitative estimate of drug-likeness (QED) is 0.271. The van der Waals surface area contributed by atoms with Gasteiger partial charge >= 0.3 is 5.97 Å². The molecule has 1 unspecified atom stereocenters. The number of likely N-dealkylation sites (N-methyl/N-ethyl adjacent to an activating group) is 1. The van der Waals surface area contributed by atoms with Crippen LogP contribution in [0.3, 0.4) is 0 Å². The van der Waals surface area contributed by atoms with Gasteiger partial charge < -0.3 is 25.4 Å². The summed E-state index contributed by atoms with van der Waals surface area (Å²) in [5, 5.41) is 17.1. The van der Waals surface area contributed by atoms with Crippen molar-refractivity contribution in [2.24, 2.45) is 5.73 Å². The van der Waals surface area contributed by atoms with Crippen molar-refractivity contribution in [3.8, 4) is 0 Å². The van der Waals surface area contributed by atoms with E-state index < -0.39 is 12.0 Å². The largest absolute Gasteiger partial charge is 0.481 e. The normalized spacial score (nSPS) is 25.3. The van der Waals surface area contributed by atoms with Gasteiger partial charge in [0.05, 0.1) is 18.6 Å². The van der Waals surface area contributed by atoms with E-state index in [0.29, 0.717) is 13.2 Å². The van der Waals surface area contributed by atoms with Gasteiger partial charge in [-0.15, -0.1) is 0 Å². The number of carbonyl (C=O) groups is 2. The Kier molecular flexibility index (Phi) is 9.55. The molecule has 9 heteroatoms. The number of aliphatic carboxylic acids is 1. The molecule has 0 aromatic carbocycles. The minimum atomic E-state index is -0.930. The van der Waals surface area contributed by atoms with Crippen molar-refractivity contribution >= 4 is 17.8 Å². The van der Waals surface area contributed by atoms with Gasteiger partial charge in [-0.05, 0) is 64.8 Å². The van der Waals surface area contributed by atoms with E-state index >= 15 is 0 Å². The van der Waals surface area contributed by atoms with Crippen LogP contribution >= 0.6 is 0 Å². The summed E-state index contributed by atoms with van der Waals surface area (Å²) < 4.78 is 6.12. The van der Waals surface area contributed by atoms with Crippen molar-refractivity contribution in [3.05, 3.63) is 12.2 Å². The predicted molar refractivity (Wildman–Crippen MR) is 127 cm³/mol. The Balaban J connectivity index is 1.56. The van der Waals surface area contributed by atoms with Crippen molar-refractivity contribution in [1.82, 2.24) is 14.7 Å². The molecule has 186 valence electrons. The Bertz CT molecular complexity index is 707. The third-order valence-corrected chi connectivity index (χ3v) is 7.46. The molecule has 4 N–H and O–H groups in total. The maximum atomic E-state index is 13.6. The van der Waals surface area contributed by atoms with Crippen LogP contribution in [0.4, 0.5) is 0 Å². The molecular formula is C24H41N5O4. The van der Waals surface area contributed by atoms with Gasteiger partial charge in [-0.3, -0.25) is 19.9 Å². The number of hydrogen-bond donors (Lipinski definition) is 3. The number of allylic oxidation sites excluding steroid dienone is 1. The lowest BCUT2D eigenvalue weighted by atomic mass is 9.95. The van der Waals surface area contributed by atoms with Crippen molar-refractivity contribution < 1.29 is 19.4 Å². The van der Waals surface area contributed by atoms with E-state index in [2.05, 4.69) is 12.2 Å². The summed E-state index contributed by atoms with van der Waals surface area (Å²) in [6.45, 7) is 2.77. The lowest BCUT2D eigenvalue weighted by Gasteiger charge is -2.42. The molecule has 9 nitrogen and oxygen atoms in total. The standard InChI is InChI=1S/C24H41N5O4/c1-27(18-7-3-2-4-8-18)21(17-22(30)31)23(32)29-13-6-5-9-19(29)12-16-33-20-10-14-28(15-11-20)24(25)26/h2-3,18-21H,4-17H2,1H3,(H3,25,26)(H,30,31)/t18-,19+,21?/m1/s1. The molecule has 33 heavy (non-hydrogen) atoms. The zero-order valence-corrected chi connectivity index (χ0v) is 20.0. The fourth-order valence-corrected chi connectivity index (χ4v) is 5.39. The third kappa shape index (κ3) is 7.17. The zero-order chi connectivity index (χ0) is 23.8. The molecule has 3 rings (SSSR count). The molecule has 0 aromatic heterocycles. The molecule has 0 saturated carbocycles.